The Morgan fingerprint density at radius 2 is 0.724 bits per heavy atom. The van der Waals surface area contributed by atoms with Gasteiger partial charge in [-0.05, 0) is 230 Å². The monoisotopic (exact) mass is 769 g/mol. The number of halogens is 2. The zero-order valence-electron chi connectivity index (χ0n) is 37.0. The maximum Gasteiger partial charge on any atom is 0.133 e. The highest BCUT2D eigenvalue weighted by Gasteiger charge is 2.31. The van der Waals surface area contributed by atoms with Crippen molar-refractivity contribution in [2.24, 2.45) is 0 Å². The minimum atomic E-state index is -0.672. The number of aryl methyl sites for hydroxylation is 8. The van der Waals surface area contributed by atoms with Gasteiger partial charge in [0.15, 0.2) is 0 Å². The highest BCUT2D eigenvalue weighted by atomic mass is 19.1. The average molecular weight is 770 g/mol. The van der Waals surface area contributed by atoms with Crippen LogP contribution in [0.3, 0.4) is 0 Å². The molecular weight excluding hydrogens is 717 g/mol. The predicted octanol–water partition coefficient (Wildman–Crippen LogP) is 14.6. The summed E-state index contributed by atoms with van der Waals surface area (Å²) in [7, 11) is 0. The zero-order chi connectivity index (χ0) is 42.3. The van der Waals surface area contributed by atoms with Crippen LogP contribution in [-0.4, -0.2) is 9.13 Å². The van der Waals surface area contributed by atoms with Crippen LogP contribution in [0.4, 0.5) is 8.78 Å². The summed E-state index contributed by atoms with van der Waals surface area (Å²) in [6, 6.07) is 10.2. The van der Waals surface area contributed by atoms with E-state index < -0.39 is 11.6 Å². The maximum atomic E-state index is 16.0. The van der Waals surface area contributed by atoms with Crippen molar-refractivity contribution >= 4 is 43.6 Å². The van der Waals surface area contributed by atoms with E-state index in [2.05, 4.69) is 126 Å². The number of aromatic nitrogens is 2. The first-order valence-corrected chi connectivity index (χ1v) is 20.3. The number of nitrogens with zero attached hydrogens (tertiary/aromatic N) is 3. The van der Waals surface area contributed by atoms with Crippen molar-refractivity contribution in [2.75, 3.05) is 0 Å². The van der Waals surface area contributed by atoms with E-state index in [4.69, 9.17) is 0 Å². The lowest BCUT2D eigenvalue weighted by atomic mass is 9.90. The molecule has 0 atom stereocenters. The van der Waals surface area contributed by atoms with Gasteiger partial charge < -0.3 is 9.13 Å². The number of benzene rings is 6. The molecule has 0 aliphatic rings. The molecule has 0 unspecified atom stereocenters. The van der Waals surface area contributed by atoms with Crippen LogP contribution in [0.25, 0.3) is 66.1 Å². The minimum Gasteiger partial charge on any atom is -0.306 e. The van der Waals surface area contributed by atoms with Crippen molar-refractivity contribution in [1.82, 2.24) is 9.13 Å². The Labute approximate surface area is 341 Å². The third-order valence-corrected chi connectivity index (χ3v) is 14.9. The first kappa shape index (κ1) is 39.1. The molecule has 5 heteroatoms. The van der Waals surface area contributed by atoms with E-state index >= 15 is 8.78 Å². The molecule has 2 heterocycles. The van der Waals surface area contributed by atoms with E-state index in [1.54, 1.807) is 6.07 Å². The molecule has 0 bridgehead atoms. The highest BCUT2D eigenvalue weighted by molar-refractivity contribution is 6.18. The fourth-order valence-electron chi connectivity index (χ4n) is 10.2. The van der Waals surface area contributed by atoms with Crippen molar-refractivity contribution in [3.8, 4) is 28.6 Å². The summed E-state index contributed by atoms with van der Waals surface area (Å²) < 4.78 is 36.7. The van der Waals surface area contributed by atoms with Gasteiger partial charge in [-0.1, -0.05) is 6.07 Å². The molecule has 0 aliphatic heterocycles. The molecule has 2 aromatic heterocycles. The smallest absolute Gasteiger partial charge is 0.133 e. The Morgan fingerprint density at radius 1 is 0.414 bits per heavy atom. The Bertz CT molecular complexity index is 3070. The number of hydrogen-bond acceptors (Lipinski definition) is 1. The SMILES string of the molecule is Cc1c(C)c(C)c2c(c1C)c1c(C)c(C)c(C)c(C)c1n2-c1cc(-c2c(F)cccc2F)cc(C#N)c1-n1c2c(C)c(C)c(C)c(C)c2c2c(C)c(C)c(C)c(C)c21. The molecular formula is C53H53F2N3. The predicted molar refractivity (Wildman–Crippen MR) is 241 cm³/mol. The van der Waals surface area contributed by atoms with Crippen molar-refractivity contribution in [3.63, 3.8) is 0 Å². The van der Waals surface area contributed by atoms with Gasteiger partial charge in [0.05, 0.1) is 44.6 Å². The first-order valence-electron chi connectivity index (χ1n) is 20.3. The number of rotatable bonds is 3. The third-order valence-electron chi connectivity index (χ3n) is 14.9. The summed E-state index contributed by atoms with van der Waals surface area (Å²) in [4.78, 5) is 0. The maximum absolute atomic E-state index is 16.0. The number of hydrogen-bond donors (Lipinski definition) is 0. The fourth-order valence-corrected chi connectivity index (χ4v) is 10.2. The van der Waals surface area contributed by atoms with E-state index in [-0.39, 0.29) is 5.56 Å². The van der Waals surface area contributed by atoms with E-state index in [1.807, 2.05) is 6.07 Å². The van der Waals surface area contributed by atoms with Gasteiger partial charge in [0.2, 0.25) is 0 Å². The normalized spacial score (nSPS) is 11.9. The van der Waals surface area contributed by atoms with Crippen LogP contribution in [0.15, 0.2) is 30.3 Å². The van der Waals surface area contributed by atoms with E-state index in [9.17, 15) is 5.26 Å². The Hall–Kier alpha value is -5.73. The lowest BCUT2D eigenvalue weighted by molar-refractivity contribution is 0.589. The molecule has 0 fully saturated rings. The molecule has 8 rings (SSSR count). The summed E-state index contributed by atoms with van der Waals surface area (Å²) in [6.45, 7) is 35.2. The highest BCUT2D eigenvalue weighted by Crippen LogP contribution is 2.49. The van der Waals surface area contributed by atoms with Crippen LogP contribution in [0.2, 0.25) is 0 Å². The third kappa shape index (κ3) is 4.87. The number of fused-ring (bicyclic) bond motifs is 6. The Kier molecular flexibility index (Phi) is 8.87. The second-order valence-electron chi connectivity index (χ2n) is 17.2. The summed E-state index contributed by atoms with van der Waals surface area (Å²) >= 11 is 0. The molecule has 0 amide bonds. The van der Waals surface area contributed by atoms with Crippen molar-refractivity contribution in [2.45, 2.75) is 111 Å². The summed E-state index contributed by atoms with van der Waals surface area (Å²) in [5.74, 6) is -1.34. The molecule has 0 aliphatic carbocycles. The lowest BCUT2D eigenvalue weighted by Gasteiger charge is -2.24. The molecule has 3 nitrogen and oxygen atoms in total. The number of nitriles is 1. The van der Waals surface area contributed by atoms with Gasteiger partial charge in [0, 0.05) is 21.5 Å². The van der Waals surface area contributed by atoms with E-state index in [0.29, 0.717) is 22.5 Å². The molecule has 0 saturated heterocycles. The van der Waals surface area contributed by atoms with Crippen molar-refractivity contribution < 1.29 is 8.78 Å². The van der Waals surface area contributed by atoms with E-state index in [1.165, 1.54) is 107 Å². The second kappa shape index (κ2) is 13.1. The molecule has 6 aromatic carbocycles. The van der Waals surface area contributed by atoms with Crippen molar-refractivity contribution in [3.05, 3.63) is 137 Å². The second-order valence-corrected chi connectivity index (χ2v) is 17.2. The van der Waals surface area contributed by atoms with Gasteiger partial charge in [-0.25, -0.2) is 8.78 Å². The van der Waals surface area contributed by atoms with Gasteiger partial charge >= 0.3 is 0 Å². The largest absolute Gasteiger partial charge is 0.306 e. The van der Waals surface area contributed by atoms with Crippen LogP contribution in [0, 0.1) is 134 Å². The molecule has 58 heavy (non-hydrogen) atoms. The van der Waals surface area contributed by atoms with Crippen LogP contribution in [-0.2, 0) is 0 Å². The van der Waals surface area contributed by atoms with E-state index in [0.717, 1.165) is 44.3 Å². The van der Waals surface area contributed by atoms with Gasteiger partial charge in [-0.15, -0.1) is 0 Å². The fraction of sp³-hybridized carbons (Fsp3) is 0.302. The zero-order valence-corrected chi connectivity index (χ0v) is 37.0. The molecule has 0 N–H and O–H groups in total. The van der Waals surface area contributed by atoms with Gasteiger partial charge in [-0.2, -0.15) is 5.26 Å². The minimum absolute atomic E-state index is 0.147. The van der Waals surface area contributed by atoms with Gasteiger partial charge in [-0.3, -0.25) is 0 Å². The average Bonchev–Trinajstić information content (AvgIpc) is 3.75. The first-order chi connectivity index (χ1) is 27.3. The van der Waals surface area contributed by atoms with Gasteiger partial charge in [0.25, 0.3) is 0 Å². The summed E-state index contributed by atoms with van der Waals surface area (Å²) in [5, 5.41) is 16.2. The van der Waals surface area contributed by atoms with Crippen molar-refractivity contribution in [1.29, 1.82) is 5.26 Å². The molecule has 0 radical (unpaired) electrons. The Balaban J connectivity index is 1.79. The molecule has 0 saturated carbocycles. The van der Waals surface area contributed by atoms with Crippen LogP contribution < -0.4 is 0 Å². The van der Waals surface area contributed by atoms with Crippen LogP contribution in [0.5, 0.6) is 0 Å². The van der Waals surface area contributed by atoms with Gasteiger partial charge in [0.1, 0.15) is 17.7 Å². The Morgan fingerprint density at radius 3 is 1.05 bits per heavy atom. The van der Waals surface area contributed by atoms with Crippen LogP contribution in [0.1, 0.15) is 94.6 Å². The summed E-state index contributed by atoms with van der Waals surface area (Å²) in [6.07, 6.45) is 0. The summed E-state index contributed by atoms with van der Waals surface area (Å²) in [5.41, 5.74) is 25.3. The quantitative estimate of drug-likeness (QED) is 0.176. The molecule has 294 valence electrons. The standard InChI is InChI=1S/C53H53F2N3/c1-23-27(5)35(13)49-44(31(23)9)45-32(10)24(2)28(6)36(14)50(45)57(49)43-21-39(48-41(54)18-17-19-42(48)55)20-40(22-56)53(43)58-51-37(15)29(7)25(3)33(11)46(51)47-34(12)26(4)30(8)38(16)52(47)58/h17-21H,1-16H3. The topological polar surface area (TPSA) is 33.6 Å². The molecule has 8 aromatic rings. The van der Waals surface area contributed by atoms with Crippen LogP contribution >= 0.6 is 0 Å². The molecule has 0 spiro atoms. The lowest BCUT2D eigenvalue weighted by Crippen LogP contribution is -2.10.